The first-order valence-corrected chi connectivity index (χ1v) is 5.91. The zero-order chi connectivity index (χ0) is 12.3. The fraction of sp³-hybridized carbons (Fsp3) is 0.462. The monoisotopic (exact) mass is 234 g/mol. The molecule has 1 aromatic carbocycles. The Balaban J connectivity index is 2.13. The molecule has 2 N–H and O–H groups in total. The lowest BCUT2D eigenvalue weighted by Gasteiger charge is -2.23. The van der Waals surface area contributed by atoms with Gasteiger partial charge in [-0.05, 0) is 37.1 Å². The minimum absolute atomic E-state index is 0.0700. The standard InChI is InChI=1S/C13H18N2O2/c1-17-12-6-4-10(5-7-12)13(16)15-8-2-3-11(15)9-14/h4-7,11H,2-3,8-9,14H2,1H3/t11-/m0/s1. The first kappa shape index (κ1) is 11.9. The Kier molecular flexibility index (Phi) is 3.64. The van der Waals surface area contributed by atoms with Gasteiger partial charge in [-0.1, -0.05) is 0 Å². The Labute approximate surface area is 101 Å². The van der Waals surface area contributed by atoms with E-state index < -0.39 is 0 Å². The van der Waals surface area contributed by atoms with Gasteiger partial charge in [-0.15, -0.1) is 0 Å². The molecule has 0 unspecified atom stereocenters. The summed E-state index contributed by atoms with van der Waals surface area (Å²) in [4.78, 5) is 14.1. The van der Waals surface area contributed by atoms with Crippen molar-refractivity contribution in [3.8, 4) is 5.75 Å². The van der Waals surface area contributed by atoms with Gasteiger partial charge in [0.25, 0.3) is 5.91 Å². The van der Waals surface area contributed by atoms with E-state index in [1.54, 1.807) is 31.4 Å². The number of ether oxygens (including phenoxy) is 1. The molecule has 1 saturated heterocycles. The van der Waals surface area contributed by atoms with Crippen molar-refractivity contribution in [1.82, 2.24) is 4.90 Å². The van der Waals surface area contributed by atoms with E-state index in [1.807, 2.05) is 4.90 Å². The number of carbonyl (C=O) groups is 1. The van der Waals surface area contributed by atoms with Crippen molar-refractivity contribution < 1.29 is 9.53 Å². The Morgan fingerprint density at radius 3 is 2.76 bits per heavy atom. The molecule has 0 saturated carbocycles. The molecular formula is C13H18N2O2. The lowest BCUT2D eigenvalue weighted by molar-refractivity contribution is 0.0741. The van der Waals surface area contributed by atoms with Gasteiger partial charge in [0.2, 0.25) is 0 Å². The molecule has 1 fully saturated rings. The normalized spacial score (nSPS) is 19.4. The Morgan fingerprint density at radius 1 is 1.47 bits per heavy atom. The second-order valence-electron chi connectivity index (χ2n) is 4.26. The summed E-state index contributed by atoms with van der Waals surface area (Å²) in [5, 5.41) is 0. The van der Waals surface area contributed by atoms with Crippen LogP contribution in [0.3, 0.4) is 0 Å². The van der Waals surface area contributed by atoms with Crippen molar-refractivity contribution in [1.29, 1.82) is 0 Å². The van der Waals surface area contributed by atoms with Crippen molar-refractivity contribution in [2.24, 2.45) is 5.73 Å². The van der Waals surface area contributed by atoms with Gasteiger partial charge < -0.3 is 15.4 Å². The number of nitrogens with zero attached hydrogens (tertiary/aromatic N) is 1. The van der Waals surface area contributed by atoms with Gasteiger partial charge in [0.15, 0.2) is 0 Å². The third kappa shape index (κ3) is 2.42. The molecule has 0 aromatic heterocycles. The summed E-state index contributed by atoms with van der Waals surface area (Å²) < 4.78 is 5.07. The first-order chi connectivity index (χ1) is 8.26. The molecule has 1 aliphatic heterocycles. The topological polar surface area (TPSA) is 55.6 Å². The summed E-state index contributed by atoms with van der Waals surface area (Å²) in [6.45, 7) is 1.36. The van der Waals surface area contributed by atoms with Crippen molar-refractivity contribution >= 4 is 5.91 Å². The van der Waals surface area contributed by atoms with Gasteiger partial charge >= 0.3 is 0 Å². The maximum absolute atomic E-state index is 12.2. The maximum Gasteiger partial charge on any atom is 0.254 e. The van der Waals surface area contributed by atoms with Gasteiger partial charge in [-0.2, -0.15) is 0 Å². The van der Waals surface area contributed by atoms with Crippen molar-refractivity contribution in [3.05, 3.63) is 29.8 Å². The highest BCUT2D eigenvalue weighted by Gasteiger charge is 2.28. The van der Waals surface area contributed by atoms with Crippen LogP contribution in [0.5, 0.6) is 5.75 Å². The maximum atomic E-state index is 12.2. The van der Waals surface area contributed by atoms with Gasteiger partial charge in [-0.25, -0.2) is 0 Å². The number of benzene rings is 1. The number of hydrogen-bond donors (Lipinski definition) is 1. The predicted molar refractivity (Wildman–Crippen MR) is 66.1 cm³/mol. The summed E-state index contributed by atoms with van der Waals surface area (Å²) >= 11 is 0. The molecule has 0 radical (unpaired) electrons. The van der Waals surface area contributed by atoms with E-state index in [0.29, 0.717) is 12.1 Å². The molecule has 0 bridgehead atoms. The highest BCUT2D eigenvalue weighted by Crippen LogP contribution is 2.20. The predicted octanol–water partition coefficient (Wildman–Crippen LogP) is 1.26. The summed E-state index contributed by atoms with van der Waals surface area (Å²) in [5.74, 6) is 0.832. The minimum Gasteiger partial charge on any atom is -0.497 e. The van der Waals surface area contributed by atoms with Crippen LogP contribution in [0.2, 0.25) is 0 Å². The molecule has 2 rings (SSSR count). The Morgan fingerprint density at radius 2 is 2.18 bits per heavy atom. The van der Waals surface area contributed by atoms with E-state index in [-0.39, 0.29) is 11.9 Å². The molecule has 0 aliphatic carbocycles. The van der Waals surface area contributed by atoms with Crippen LogP contribution in [0.1, 0.15) is 23.2 Å². The highest BCUT2D eigenvalue weighted by atomic mass is 16.5. The SMILES string of the molecule is COc1ccc(C(=O)N2CCC[C@H]2CN)cc1. The third-order valence-electron chi connectivity index (χ3n) is 3.25. The fourth-order valence-corrected chi connectivity index (χ4v) is 2.25. The molecule has 17 heavy (non-hydrogen) atoms. The van der Waals surface area contributed by atoms with Crippen LogP contribution in [0, 0.1) is 0 Å². The van der Waals surface area contributed by atoms with Gasteiger partial charge in [-0.3, -0.25) is 4.79 Å². The molecule has 4 nitrogen and oxygen atoms in total. The number of hydrogen-bond acceptors (Lipinski definition) is 3. The fourth-order valence-electron chi connectivity index (χ4n) is 2.25. The second kappa shape index (κ2) is 5.19. The number of amides is 1. The number of rotatable bonds is 3. The minimum atomic E-state index is 0.0700. The molecule has 1 atom stereocenters. The van der Waals surface area contributed by atoms with E-state index in [2.05, 4.69) is 0 Å². The number of methoxy groups -OCH3 is 1. The number of nitrogens with two attached hydrogens (primary N) is 1. The highest BCUT2D eigenvalue weighted by molar-refractivity contribution is 5.94. The zero-order valence-corrected chi connectivity index (χ0v) is 10.1. The molecule has 1 aromatic rings. The summed E-state index contributed by atoms with van der Waals surface area (Å²) in [6.07, 6.45) is 2.06. The van der Waals surface area contributed by atoms with Gasteiger partial charge in [0.1, 0.15) is 5.75 Å². The van der Waals surface area contributed by atoms with Crippen molar-refractivity contribution in [3.63, 3.8) is 0 Å². The van der Waals surface area contributed by atoms with E-state index in [1.165, 1.54) is 0 Å². The summed E-state index contributed by atoms with van der Waals surface area (Å²) in [5.41, 5.74) is 6.37. The van der Waals surface area contributed by atoms with Crippen LogP contribution in [0.15, 0.2) is 24.3 Å². The van der Waals surface area contributed by atoms with Gasteiger partial charge in [0, 0.05) is 24.7 Å². The molecule has 4 heteroatoms. The number of likely N-dealkylation sites (tertiary alicyclic amines) is 1. The Hall–Kier alpha value is -1.55. The second-order valence-corrected chi connectivity index (χ2v) is 4.26. The van der Waals surface area contributed by atoms with Crippen LogP contribution in [-0.4, -0.2) is 37.0 Å². The van der Waals surface area contributed by atoms with Crippen LogP contribution in [-0.2, 0) is 0 Å². The Bertz CT molecular complexity index is 389. The molecule has 1 heterocycles. The van der Waals surface area contributed by atoms with E-state index in [4.69, 9.17) is 10.5 Å². The molecule has 92 valence electrons. The first-order valence-electron chi connectivity index (χ1n) is 5.91. The quantitative estimate of drug-likeness (QED) is 0.856. The van der Waals surface area contributed by atoms with Crippen LogP contribution in [0.4, 0.5) is 0 Å². The van der Waals surface area contributed by atoms with Crippen molar-refractivity contribution in [2.45, 2.75) is 18.9 Å². The third-order valence-corrected chi connectivity index (χ3v) is 3.25. The lowest BCUT2D eigenvalue weighted by atomic mass is 10.1. The number of carbonyl (C=O) groups excluding carboxylic acids is 1. The molecular weight excluding hydrogens is 216 g/mol. The average Bonchev–Trinajstić information content (AvgIpc) is 2.86. The van der Waals surface area contributed by atoms with Gasteiger partial charge in [0.05, 0.1) is 7.11 Å². The average molecular weight is 234 g/mol. The smallest absolute Gasteiger partial charge is 0.254 e. The van der Waals surface area contributed by atoms with E-state index >= 15 is 0 Å². The molecule has 1 aliphatic rings. The molecule has 0 spiro atoms. The largest absolute Gasteiger partial charge is 0.497 e. The van der Waals surface area contributed by atoms with Crippen LogP contribution in [0.25, 0.3) is 0 Å². The lowest BCUT2D eigenvalue weighted by Crippen LogP contribution is -2.39. The molecule has 1 amide bonds. The zero-order valence-electron chi connectivity index (χ0n) is 10.1. The van der Waals surface area contributed by atoms with E-state index in [9.17, 15) is 4.79 Å². The van der Waals surface area contributed by atoms with E-state index in [0.717, 1.165) is 25.1 Å². The van der Waals surface area contributed by atoms with Crippen molar-refractivity contribution in [2.75, 3.05) is 20.2 Å². The summed E-state index contributed by atoms with van der Waals surface area (Å²) in [7, 11) is 1.61. The van der Waals surface area contributed by atoms with Crippen LogP contribution < -0.4 is 10.5 Å². The summed E-state index contributed by atoms with van der Waals surface area (Å²) in [6, 6.07) is 7.41. The van der Waals surface area contributed by atoms with Crippen LogP contribution >= 0.6 is 0 Å².